The first kappa shape index (κ1) is 20.3. The lowest BCUT2D eigenvalue weighted by Crippen LogP contribution is -2.38. The number of fused-ring (bicyclic) bond motifs is 1. The van der Waals surface area contributed by atoms with Gasteiger partial charge in [0.15, 0.2) is 11.5 Å². The van der Waals surface area contributed by atoms with Crippen LogP contribution in [0.25, 0.3) is 11.2 Å². The molecule has 30 heavy (non-hydrogen) atoms. The fourth-order valence-electron chi connectivity index (χ4n) is 3.60. The monoisotopic (exact) mass is 441 g/mol. The largest absolute Gasteiger partial charge is 0.416 e. The molecule has 2 aromatic heterocycles. The summed E-state index contributed by atoms with van der Waals surface area (Å²) in [6.45, 7) is 0.506. The van der Waals surface area contributed by atoms with E-state index in [1.807, 2.05) is 0 Å². The second-order valence-corrected chi connectivity index (χ2v) is 8.86. The highest BCUT2D eigenvalue weighted by Crippen LogP contribution is 2.32. The lowest BCUT2D eigenvalue weighted by atomic mass is 10.2. The van der Waals surface area contributed by atoms with Crippen LogP contribution < -0.4 is 11.5 Å². The molecular formula is C17H18F3N7O2S. The van der Waals surface area contributed by atoms with Crippen LogP contribution in [0, 0.1) is 0 Å². The molecule has 3 heterocycles. The summed E-state index contributed by atoms with van der Waals surface area (Å²) in [4.78, 5) is 12.0. The third kappa shape index (κ3) is 3.54. The smallest absolute Gasteiger partial charge is 0.382 e. The number of nitrogens with zero attached hydrogens (tertiary/aromatic N) is 5. The number of nitrogen functional groups attached to an aromatic ring is 2. The molecule has 1 aliphatic heterocycles. The third-order valence-corrected chi connectivity index (χ3v) is 6.99. The minimum Gasteiger partial charge on any atom is -0.382 e. The Bertz CT molecular complexity index is 1190. The van der Waals surface area contributed by atoms with E-state index in [1.54, 1.807) is 4.57 Å². The predicted octanol–water partition coefficient (Wildman–Crippen LogP) is 1.86. The summed E-state index contributed by atoms with van der Waals surface area (Å²) < 4.78 is 67.4. The maximum Gasteiger partial charge on any atom is 0.416 e. The van der Waals surface area contributed by atoms with Gasteiger partial charge in [0.25, 0.3) is 0 Å². The molecule has 0 aliphatic carbocycles. The Morgan fingerprint density at radius 2 is 1.83 bits per heavy atom. The number of hydrogen-bond donors (Lipinski definition) is 2. The second kappa shape index (κ2) is 7.09. The zero-order valence-corrected chi connectivity index (χ0v) is 16.4. The molecule has 160 valence electrons. The number of rotatable bonds is 4. The standard InChI is InChI=1S/C17H18F3N7O2S/c18-17(19,20)10-3-5-12(6-4-10)30(28,29)27-7-1-2-11(27)8-26-9-23-13-14(21)24-16(22)25-15(13)26/h3-6,9,11H,1-2,7-8H2,(H4,21,22,24,25)/t11-/m0/s1. The molecule has 9 nitrogen and oxygen atoms in total. The Morgan fingerprint density at radius 3 is 2.50 bits per heavy atom. The molecular weight excluding hydrogens is 423 g/mol. The van der Waals surface area contributed by atoms with Gasteiger partial charge >= 0.3 is 6.18 Å². The molecule has 1 aliphatic rings. The summed E-state index contributed by atoms with van der Waals surface area (Å²) in [5, 5.41) is 0. The van der Waals surface area contributed by atoms with Crippen LogP contribution >= 0.6 is 0 Å². The van der Waals surface area contributed by atoms with Gasteiger partial charge in [-0.1, -0.05) is 0 Å². The SMILES string of the molecule is Nc1nc(N)c2ncn(C[C@@H]3CCCN3S(=O)(=O)c3ccc(C(F)(F)F)cc3)c2n1. The van der Waals surface area contributed by atoms with Crippen molar-refractivity contribution in [3.63, 3.8) is 0 Å². The molecule has 4 N–H and O–H groups in total. The summed E-state index contributed by atoms with van der Waals surface area (Å²) >= 11 is 0. The number of alkyl halides is 3. The van der Waals surface area contributed by atoms with Crippen molar-refractivity contribution < 1.29 is 21.6 Å². The molecule has 0 amide bonds. The van der Waals surface area contributed by atoms with Crippen LogP contribution in [0.15, 0.2) is 35.5 Å². The Kier molecular flexibility index (Phi) is 4.81. The van der Waals surface area contributed by atoms with Crippen LogP contribution in [-0.2, 0) is 22.7 Å². The first-order valence-electron chi connectivity index (χ1n) is 9.00. The number of benzene rings is 1. The lowest BCUT2D eigenvalue weighted by Gasteiger charge is -2.24. The summed E-state index contributed by atoms with van der Waals surface area (Å²) in [6.07, 6.45) is -1.85. The third-order valence-electron chi connectivity index (χ3n) is 5.03. The highest BCUT2D eigenvalue weighted by Gasteiger charge is 2.37. The van der Waals surface area contributed by atoms with Gasteiger partial charge in [-0.15, -0.1) is 0 Å². The zero-order valence-electron chi connectivity index (χ0n) is 15.5. The van der Waals surface area contributed by atoms with Gasteiger partial charge in [-0.2, -0.15) is 27.4 Å². The normalized spacial score (nSPS) is 18.3. The summed E-state index contributed by atoms with van der Waals surface area (Å²) in [7, 11) is -3.97. The van der Waals surface area contributed by atoms with Crippen molar-refractivity contribution in [1.82, 2.24) is 23.8 Å². The Balaban J connectivity index is 1.62. The van der Waals surface area contributed by atoms with Gasteiger partial charge in [-0.25, -0.2) is 13.4 Å². The highest BCUT2D eigenvalue weighted by molar-refractivity contribution is 7.89. The van der Waals surface area contributed by atoms with E-state index in [9.17, 15) is 21.6 Å². The van der Waals surface area contributed by atoms with Crippen LogP contribution in [0.1, 0.15) is 18.4 Å². The summed E-state index contributed by atoms with van der Waals surface area (Å²) in [5.74, 6) is 0.0966. The number of imidazole rings is 1. The van der Waals surface area contributed by atoms with Crippen molar-refractivity contribution in [2.24, 2.45) is 0 Å². The van der Waals surface area contributed by atoms with Crippen LogP contribution in [0.4, 0.5) is 24.9 Å². The average Bonchev–Trinajstić information content (AvgIpc) is 3.29. The maximum absolute atomic E-state index is 13.1. The number of halogens is 3. The lowest BCUT2D eigenvalue weighted by molar-refractivity contribution is -0.137. The van der Waals surface area contributed by atoms with E-state index in [-0.39, 0.29) is 29.8 Å². The van der Waals surface area contributed by atoms with Crippen LogP contribution in [0.3, 0.4) is 0 Å². The van der Waals surface area contributed by atoms with Crippen molar-refractivity contribution in [3.05, 3.63) is 36.2 Å². The molecule has 0 unspecified atom stereocenters. The molecule has 1 saturated heterocycles. The molecule has 1 aromatic carbocycles. The van der Waals surface area contributed by atoms with Crippen molar-refractivity contribution in [3.8, 4) is 0 Å². The summed E-state index contributed by atoms with van der Waals surface area (Å²) in [5.41, 5.74) is 11.3. The predicted molar refractivity (Wildman–Crippen MR) is 103 cm³/mol. The molecule has 13 heteroatoms. The average molecular weight is 441 g/mol. The Morgan fingerprint density at radius 1 is 1.13 bits per heavy atom. The number of hydrogen-bond acceptors (Lipinski definition) is 7. The maximum atomic E-state index is 13.1. The Hall–Kier alpha value is -2.93. The van der Waals surface area contributed by atoms with Crippen LogP contribution in [0.5, 0.6) is 0 Å². The number of sulfonamides is 1. The molecule has 0 bridgehead atoms. The van der Waals surface area contributed by atoms with Gasteiger partial charge in [-0.05, 0) is 37.1 Å². The number of anilines is 2. The van der Waals surface area contributed by atoms with E-state index in [4.69, 9.17) is 11.5 Å². The Labute approximate surface area is 169 Å². The molecule has 1 atom stereocenters. The van der Waals surface area contributed by atoms with Gasteiger partial charge in [0, 0.05) is 19.1 Å². The number of nitrogens with two attached hydrogens (primary N) is 2. The molecule has 3 aromatic rings. The highest BCUT2D eigenvalue weighted by atomic mass is 32.2. The first-order valence-corrected chi connectivity index (χ1v) is 10.4. The van der Waals surface area contributed by atoms with Crippen molar-refractivity contribution in [2.45, 2.75) is 36.5 Å². The topological polar surface area (TPSA) is 133 Å². The van der Waals surface area contributed by atoms with E-state index in [0.717, 1.165) is 24.3 Å². The van der Waals surface area contributed by atoms with E-state index in [1.165, 1.54) is 10.6 Å². The fraction of sp³-hybridized carbons (Fsp3) is 0.353. The van der Waals surface area contributed by atoms with E-state index in [0.29, 0.717) is 24.0 Å². The van der Waals surface area contributed by atoms with Gasteiger partial charge in [0.2, 0.25) is 16.0 Å². The molecule has 1 fully saturated rings. The molecule has 4 rings (SSSR count). The van der Waals surface area contributed by atoms with Gasteiger partial charge in [-0.3, -0.25) is 0 Å². The first-order chi connectivity index (χ1) is 14.1. The molecule has 0 spiro atoms. The van der Waals surface area contributed by atoms with Crippen molar-refractivity contribution in [1.29, 1.82) is 0 Å². The van der Waals surface area contributed by atoms with Crippen molar-refractivity contribution in [2.75, 3.05) is 18.0 Å². The fourth-order valence-corrected chi connectivity index (χ4v) is 5.29. The van der Waals surface area contributed by atoms with Crippen LogP contribution in [-0.4, -0.2) is 44.8 Å². The van der Waals surface area contributed by atoms with Crippen LogP contribution in [0.2, 0.25) is 0 Å². The zero-order chi connectivity index (χ0) is 21.7. The molecule has 0 saturated carbocycles. The van der Waals surface area contributed by atoms with Gasteiger partial charge in [0.05, 0.1) is 16.8 Å². The summed E-state index contributed by atoms with van der Waals surface area (Å²) in [6, 6.07) is 3.07. The quantitative estimate of drug-likeness (QED) is 0.631. The van der Waals surface area contributed by atoms with E-state index in [2.05, 4.69) is 15.0 Å². The van der Waals surface area contributed by atoms with E-state index < -0.39 is 27.8 Å². The van der Waals surface area contributed by atoms with E-state index >= 15 is 0 Å². The van der Waals surface area contributed by atoms with Crippen molar-refractivity contribution >= 4 is 33.0 Å². The minimum atomic E-state index is -4.54. The minimum absolute atomic E-state index is 0.0256. The number of aromatic nitrogens is 4. The van der Waals surface area contributed by atoms with Gasteiger partial charge in [0.1, 0.15) is 5.52 Å². The second-order valence-electron chi connectivity index (χ2n) is 6.97. The molecule has 0 radical (unpaired) electrons. The van der Waals surface area contributed by atoms with Gasteiger partial charge < -0.3 is 16.0 Å².